The van der Waals surface area contributed by atoms with Crippen LogP contribution in [0.4, 0.5) is 15.8 Å². The van der Waals surface area contributed by atoms with E-state index in [0.717, 1.165) is 18.2 Å². The summed E-state index contributed by atoms with van der Waals surface area (Å²) < 4.78 is 13.2. The van der Waals surface area contributed by atoms with Crippen molar-refractivity contribution in [3.63, 3.8) is 0 Å². The molecule has 0 fully saturated rings. The first-order valence-electron chi connectivity index (χ1n) is 5.62. The van der Waals surface area contributed by atoms with Crippen LogP contribution < -0.4 is 11.1 Å². The molecule has 0 aliphatic rings. The van der Waals surface area contributed by atoms with Gasteiger partial charge in [0.2, 0.25) is 5.91 Å². The van der Waals surface area contributed by atoms with Gasteiger partial charge in [-0.2, -0.15) is 0 Å². The number of hydrogen-bond acceptors (Lipinski definition) is 4. The van der Waals surface area contributed by atoms with Crippen molar-refractivity contribution in [2.24, 2.45) is 11.1 Å². The molecule has 1 amide bonds. The molecule has 7 heteroatoms. The molecule has 0 saturated heterocycles. The maximum absolute atomic E-state index is 13.2. The zero-order valence-corrected chi connectivity index (χ0v) is 10.9. The molecule has 0 bridgehead atoms. The van der Waals surface area contributed by atoms with Gasteiger partial charge < -0.3 is 11.1 Å². The van der Waals surface area contributed by atoms with Crippen LogP contribution in [0, 0.1) is 21.3 Å². The van der Waals surface area contributed by atoms with Gasteiger partial charge in [0.1, 0.15) is 5.82 Å². The van der Waals surface area contributed by atoms with Crippen molar-refractivity contribution in [3.05, 3.63) is 34.1 Å². The maximum atomic E-state index is 13.2. The second-order valence-corrected chi connectivity index (χ2v) is 5.29. The zero-order valence-electron chi connectivity index (χ0n) is 10.9. The number of nitrogens with two attached hydrogens (primary N) is 1. The Bertz CT molecular complexity index is 511. The van der Waals surface area contributed by atoms with Crippen LogP contribution in [0.5, 0.6) is 0 Å². The monoisotopic (exact) mass is 269 g/mol. The Balaban J connectivity index is 2.94. The molecule has 0 unspecified atom stereocenters. The van der Waals surface area contributed by atoms with Crippen molar-refractivity contribution < 1.29 is 14.1 Å². The van der Waals surface area contributed by atoms with Crippen LogP contribution in [-0.2, 0) is 4.79 Å². The van der Waals surface area contributed by atoms with Gasteiger partial charge in [-0.05, 0) is 11.5 Å². The lowest BCUT2D eigenvalue weighted by atomic mass is 9.87. The van der Waals surface area contributed by atoms with E-state index in [2.05, 4.69) is 5.32 Å². The third kappa shape index (κ3) is 3.99. The smallest absolute Gasteiger partial charge is 0.274 e. The number of carbonyl (C=O) groups excluding carboxylic acids is 1. The van der Waals surface area contributed by atoms with E-state index in [4.69, 9.17) is 5.73 Å². The third-order valence-corrected chi connectivity index (χ3v) is 2.58. The fourth-order valence-corrected chi connectivity index (χ4v) is 1.37. The summed E-state index contributed by atoms with van der Waals surface area (Å²) >= 11 is 0. The Labute approximate surface area is 109 Å². The maximum Gasteiger partial charge on any atom is 0.274 e. The highest BCUT2D eigenvalue weighted by molar-refractivity contribution is 5.95. The standard InChI is InChI=1S/C12H16FN3O3/c1-12(2,3)10(14)11(17)15-8-4-7(13)5-9(6-8)16(18)19/h4-6,10H,14H2,1-3H3,(H,15,17)/t10-/m1/s1. The van der Waals surface area contributed by atoms with Crippen molar-refractivity contribution in [2.75, 3.05) is 5.32 Å². The number of amides is 1. The number of rotatable bonds is 3. The van der Waals surface area contributed by atoms with Gasteiger partial charge in [-0.15, -0.1) is 0 Å². The van der Waals surface area contributed by atoms with Crippen LogP contribution in [0.25, 0.3) is 0 Å². The SMILES string of the molecule is CC(C)(C)[C@H](N)C(=O)Nc1cc(F)cc([N+](=O)[O-])c1. The zero-order chi connectivity index (χ0) is 14.8. The van der Waals surface area contributed by atoms with E-state index in [0.29, 0.717) is 0 Å². The molecule has 19 heavy (non-hydrogen) atoms. The fraction of sp³-hybridized carbons (Fsp3) is 0.417. The van der Waals surface area contributed by atoms with E-state index in [1.54, 1.807) is 20.8 Å². The Morgan fingerprint density at radius 2 is 2.00 bits per heavy atom. The average molecular weight is 269 g/mol. The molecule has 0 aromatic heterocycles. The van der Waals surface area contributed by atoms with E-state index in [-0.39, 0.29) is 5.69 Å². The summed E-state index contributed by atoms with van der Waals surface area (Å²) in [5, 5.41) is 13.0. The molecule has 1 aromatic rings. The lowest BCUT2D eigenvalue weighted by molar-refractivity contribution is -0.385. The minimum absolute atomic E-state index is 0.0106. The number of hydrogen-bond donors (Lipinski definition) is 2. The summed E-state index contributed by atoms with van der Waals surface area (Å²) in [4.78, 5) is 21.7. The van der Waals surface area contributed by atoms with E-state index in [1.165, 1.54) is 0 Å². The van der Waals surface area contributed by atoms with Gasteiger partial charge in [0.05, 0.1) is 22.7 Å². The molecule has 104 valence electrons. The molecular weight excluding hydrogens is 253 g/mol. The molecule has 0 heterocycles. The van der Waals surface area contributed by atoms with Crippen molar-refractivity contribution in [1.29, 1.82) is 0 Å². The number of anilines is 1. The molecule has 0 aliphatic carbocycles. The first-order chi connectivity index (χ1) is 8.61. The number of nitrogens with one attached hydrogen (secondary N) is 1. The number of nitrogens with zero attached hydrogens (tertiary/aromatic N) is 1. The van der Waals surface area contributed by atoms with Crippen molar-refractivity contribution >= 4 is 17.3 Å². The van der Waals surface area contributed by atoms with Crippen molar-refractivity contribution in [1.82, 2.24) is 0 Å². The highest BCUT2D eigenvalue weighted by atomic mass is 19.1. The topological polar surface area (TPSA) is 98.3 Å². The minimum atomic E-state index is -0.810. The second kappa shape index (κ2) is 5.31. The molecule has 0 saturated carbocycles. The number of halogens is 1. The Kier molecular flexibility index (Phi) is 4.21. The molecule has 0 spiro atoms. The minimum Gasteiger partial charge on any atom is -0.324 e. The Morgan fingerprint density at radius 1 is 1.42 bits per heavy atom. The third-order valence-electron chi connectivity index (χ3n) is 2.58. The van der Waals surface area contributed by atoms with Crippen LogP contribution in [-0.4, -0.2) is 16.9 Å². The number of benzene rings is 1. The Hall–Kier alpha value is -2.02. The van der Waals surface area contributed by atoms with Gasteiger partial charge in [0.25, 0.3) is 5.69 Å². The molecule has 3 N–H and O–H groups in total. The summed E-state index contributed by atoms with van der Waals surface area (Å²) in [6.45, 7) is 5.35. The predicted octanol–water partition coefficient (Wildman–Crippen LogP) is 2.05. The Morgan fingerprint density at radius 3 is 2.47 bits per heavy atom. The lowest BCUT2D eigenvalue weighted by Gasteiger charge is -2.25. The van der Waals surface area contributed by atoms with E-state index in [1.807, 2.05) is 0 Å². The average Bonchev–Trinajstić information content (AvgIpc) is 2.25. The number of nitro benzene ring substituents is 1. The van der Waals surface area contributed by atoms with Gasteiger partial charge in [-0.3, -0.25) is 14.9 Å². The summed E-state index contributed by atoms with van der Waals surface area (Å²) in [5.74, 6) is -1.32. The quantitative estimate of drug-likeness (QED) is 0.648. The van der Waals surface area contributed by atoms with Crippen molar-refractivity contribution in [3.8, 4) is 0 Å². The van der Waals surface area contributed by atoms with Crippen LogP contribution in [0.3, 0.4) is 0 Å². The van der Waals surface area contributed by atoms with Crippen LogP contribution in [0.15, 0.2) is 18.2 Å². The van der Waals surface area contributed by atoms with E-state index >= 15 is 0 Å². The van der Waals surface area contributed by atoms with Crippen LogP contribution in [0.2, 0.25) is 0 Å². The molecule has 1 rings (SSSR count). The highest BCUT2D eigenvalue weighted by Crippen LogP contribution is 2.22. The summed E-state index contributed by atoms with van der Waals surface area (Å²) in [6, 6.07) is 2.05. The number of nitro groups is 1. The van der Waals surface area contributed by atoms with Gasteiger partial charge in [0.15, 0.2) is 0 Å². The van der Waals surface area contributed by atoms with Gasteiger partial charge in [-0.1, -0.05) is 20.8 Å². The molecule has 1 aromatic carbocycles. The van der Waals surface area contributed by atoms with Gasteiger partial charge in [-0.25, -0.2) is 4.39 Å². The lowest BCUT2D eigenvalue weighted by Crippen LogP contribution is -2.45. The number of carbonyl (C=O) groups is 1. The first-order valence-corrected chi connectivity index (χ1v) is 5.62. The molecule has 6 nitrogen and oxygen atoms in total. The summed E-state index contributed by atoms with van der Waals surface area (Å²) in [7, 11) is 0. The first kappa shape index (κ1) is 15.0. The highest BCUT2D eigenvalue weighted by Gasteiger charge is 2.27. The van der Waals surface area contributed by atoms with Crippen molar-refractivity contribution in [2.45, 2.75) is 26.8 Å². The number of non-ortho nitro benzene ring substituents is 1. The van der Waals surface area contributed by atoms with Gasteiger partial charge >= 0.3 is 0 Å². The fourth-order valence-electron chi connectivity index (χ4n) is 1.37. The second-order valence-electron chi connectivity index (χ2n) is 5.29. The largest absolute Gasteiger partial charge is 0.324 e. The van der Waals surface area contributed by atoms with Crippen LogP contribution in [0.1, 0.15) is 20.8 Å². The molecule has 0 radical (unpaired) electrons. The van der Waals surface area contributed by atoms with Gasteiger partial charge in [0, 0.05) is 6.07 Å². The summed E-state index contributed by atoms with van der Waals surface area (Å²) in [5.41, 5.74) is 4.85. The normalized spacial score (nSPS) is 12.9. The predicted molar refractivity (Wildman–Crippen MR) is 69.1 cm³/mol. The summed E-state index contributed by atoms with van der Waals surface area (Å²) in [6.07, 6.45) is 0. The van der Waals surface area contributed by atoms with Crippen LogP contribution >= 0.6 is 0 Å². The van der Waals surface area contributed by atoms with E-state index in [9.17, 15) is 19.3 Å². The van der Waals surface area contributed by atoms with E-state index < -0.39 is 33.8 Å². The molecule has 0 aliphatic heterocycles. The molecular formula is C12H16FN3O3. The molecule has 1 atom stereocenters.